The van der Waals surface area contributed by atoms with E-state index in [2.05, 4.69) is 53.1 Å². The first-order valence-electron chi connectivity index (χ1n) is 9.29. The maximum atomic E-state index is 6.69. The first-order chi connectivity index (χ1) is 9.95. The molecule has 22 heavy (non-hydrogen) atoms. The molecule has 0 radical (unpaired) electrons. The molecule has 132 valence electrons. The zero-order chi connectivity index (χ0) is 17.0. The molecule has 1 saturated carbocycles. The van der Waals surface area contributed by atoms with Gasteiger partial charge in [-0.05, 0) is 70.9 Å². The fourth-order valence-corrected chi connectivity index (χ4v) is 6.10. The van der Waals surface area contributed by atoms with Gasteiger partial charge in [-0.15, -0.1) is 0 Å². The molecule has 0 heterocycles. The number of hydrogen-bond acceptors (Lipinski definition) is 2. The molecule has 0 amide bonds. The summed E-state index contributed by atoms with van der Waals surface area (Å²) in [6.07, 6.45) is 8.15. The Morgan fingerprint density at radius 1 is 0.909 bits per heavy atom. The first kappa shape index (κ1) is 20.4. The molecule has 0 aliphatic heterocycles. The molecular weight excluding hydrogens is 304 g/mol. The van der Waals surface area contributed by atoms with Gasteiger partial charge in [-0.1, -0.05) is 32.6 Å². The lowest BCUT2D eigenvalue weighted by Crippen LogP contribution is -2.51. The van der Waals surface area contributed by atoms with Gasteiger partial charge < -0.3 is 8.85 Å². The van der Waals surface area contributed by atoms with Crippen molar-refractivity contribution in [1.82, 2.24) is 0 Å². The van der Waals surface area contributed by atoms with Crippen molar-refractivity contribution in [3.8, 4) is 0 Å². The summed E-state index contributed by atoms with van der Waals surface area (Å²) < 4.78 is 13.0. The van der Waals surface area contributed by atoms with Crippen LogP contribution < -0.4 is 0 Å². The van der Waals surface area contributed by atoms with E-state index in [9.17, 15) is 0 Å². The molecule has 0 N–H and O–H groups in total. The Balaban J connectivity index is 2.73. The highest BCUT2D eigenvalue weighted by atomic mass is 28.4. The number of hydrogen-bond donors (Lipinski definition) is 0. The second-order valence-corrected chi connectivity index (χ2v) is 18.4. The largest absolute Gasteiger partial charge is 0.415 e. The van der Waals surface area contributed by atoms with Crippen LogP contribution in [0.25, 0.3) is 0 Å². The van der Waals surface area contributed by atoms with Gasteiger partial charge in [0.2, 0.25) is 0 Å². The number of rotatable bonds is 8. The minimum atomic E-state index is -1.57. The van der Waals surface area contributed by atoms with Gasteiger partial charge in [-0.3, -0.25) is 0 Å². The van der Waals surface area contributed by atoms with Crippen LogP contribution in [0, 0.1) is 11.8 Å². The molecule has 0 spiro atoms. The summed E-state index contributed by atoms with van der Waals surface area (Å²) >= 11 is 0. The minimum absolute atomic E-state index is 0.0814. The van der Waals surface area contributed by atoms with Crippen molar-refractivity contribution in [3.63, 3.8) is 0 Å². The standard InChI is InChI=1S/C18H40O2Si2/c1-9-10-16-11-13-17(14-12-16)18(2,20-22(6,7)8)15-19-21(3,4)5/h16-17H,9-15H2,1-8H3. The fourth-order valence-electron chi connectivity index (χ4n) is 3.76. The van der Waals surface area contributed by atoms with Crippen LogP contribution in [0.1, 0.15) is 52.4 Å². The van der Waals surface area contributed by atoms with E-state index in [1.807, 2.05) is 0 Å². The summed E-state index contributed by atoms with van der Waals surface area (Å²) in [5, 5.41) is 0. The molecule has 2 nitrogen and oxygen atoms in total. The van der Waals surface area contributed by atoms with Gasteiger partial charge >= 0.3 is 0 Å². The highest BCUT2D eigenvalue weighted by Crippen LogP contribution is 2.40. The van der Waals surface area contributed by atoms with Crippen molar-refractivity contribution in [2.75, 3.05) is 6.61 Å². The van der Waals surface area contributed by atoms with Crippen LogP contribution in [0.3, 0.4) is 0 Å². The molecule has 1 aliphatic rings. The van der Waals surface area contributed by atoms with Crippen molar-refractivity contribution < 1.29 is 8.85 Å². The minimum Gasteiger partial charge on any atom is -0.415 e. The predicted molar refractivity (Wildman–Crippen MR) is 102 cm³/mol. The zero-order valence-electron chi connectivity index (χ0n) is 16.4. The fraction of sp³-hybridized carbons (Fsp3) is 1.00. The summed E-state index contributed by atoms with van der Waals surface area (Å²) in [5.41, 5.74) is -0.0814. The highest BCUT2D eigenvalue weighted by Gasteiger charge is 2.41. The second kappa shape index (κ2) is 7.95. The van der Waals surface area contributed by atoms with Gasteiger partial charge in [-0.25, -0.2) is 0 Å². The van der Waals surface area contributed by atoms with Crippen LogP contribution in [-0.2, 0) is 8.85 Å². The molecule has 0 aromatic rings. The van der Waals surface area contributed by atoms with E-state index in [0.717, 1.165) is 12.5 Å². The van der Waals surface area contributed by atoms with E-state index in [4.69, 9.17) is 8.85 Å². The van der Waals surface area contributed by atoms with E-state index in [0.29, 0.717) is 5.92 Å². The average Bonchev–Trinajstić information content (AvgIpc) is 2.35. The maximum Gasteiger partial charge on any atom is 0.184 e. The Bertz CT molecular complexity index is 325. The SMILES string of the molecule is CCCC1CCC(C(C)(CO[Si](C)(C)C)O[Si](C)(C)C)CC1. The molecule has 1 unspecified atom stereocenters. The van der Waals surface area contributed by atoms with Crippen LogP contribution in [-0.4, -0.2) is 28.8 Å². The molecule has 0 bridgehead atoms. The van der Waals surface area contributed by atoms with Gasteiger partial charge in [0.05, 0.1) is 12.2 Å². The van der Waals surface area contributed by atoms with Crippen molar-refractivity contribution >= 4 is 16.6 Å². The molecule has 1 aliphatic carbocycles. The molecule has 1 rings (SSSR count). The Morgan fingerprint density at radius 2 is 1.45 bits per heavy atom. The van der Waals surface area contributed by atoms with Crippen LogP contribution in [0.5, 0.6) is 0 Å². The molecular formula is C18H40O2Si2. The van der Waals surface area contributed by atoms with Gasteiger partial charge in [0.1, 0.15) is 0 Å². The monoisotopic (exact) mass is 344 g/mol. The topological polar surface area (TPSA) is 18.5 Å². The Morgan fingerprint density at radius 3 is 1.86 bits per heavy atom. The van der Waals surface area contributed by atoms with E-state index in [-0.39, 0.29) is 5.60 Å². The van der Waals surface area contributed by atoms with Crippen molar-refractivity contribution in [1.29, 1.82) is 0 Å². The van der Waals surface area contributed by atoms with Gasteiger partial charge in [0.15, 0.2) is 16.6 Å². The summed E-state index contributed by atoms with van der Waals surface area (Å²) in [6.45, 7) is 19.2. The van der Waals surface area contributed by atoms with Crippen molar-refractivity contribution in [2.45, 2.75) is 97.3 Å². The third-order valence-corrected chi connectivity index (χ3v) is 6.83. The second-order valence-electron chi connectivity index (χ2n) is 9.43. The van der Waals surface area contributed by atoms with E-state index < -0.39 is 16.6 Å². The summed E-state index contributed by atoms with van der Waals surface area (Å²) in [5.74, 6) is 1.62. The third-order valence-electron chi connectivity index (χ3n) is 4.74. The van der Waals surface area contributed by atoms with Gasteiger partial charge in [0.25, 0.3) is 0 Å². The zero-order valence-corrected chi connectivity index (χ0v) is 18.4. The summed E-state index contributed by atoms with van der Waals surface area (Å²) in [4.78, 5) is 0. The van der Waals surface area contributed by atoms with E-state index in [1.165, 1.54) is 38.5 Å². The molecule has 1 atom stereocenters. The van der Waals surface area contributed by atoms with Gasteiger partial charge in [0, 0.05) is 0 Å². The maximum absolute atomic E-state index is 6.69. The average molecular weight is 345 g/mol. The first-order valence-corrected chi connectivity index (χ1v) is 16.1. The van der Waals surface area contributed by atoms with E-state index in [1.54, 1.807) is 0 Å². The Hall–Kier alpha value is 0.354. The Labute approximate surface area is 141 Å². The van der Waals surface area contributed by atoms with Gasteiger partial charge in [-0.2, -0.15) is 0 Å². The lowest BCUT2D eigenvalue weighted by atomic mass is 9.73. The molecule has 4 heteroatoms. The third kappa shape index (κ3) is 7.28. The lowest BCUT2D eigenvalue weighted by Gasteiger charge is -2.45. The van der Waals surface area contributed by atoms with Crippen molar-refractivity contribution in [2.24, 2.45) is 11.8 Å². The van der Waals surface area contributed by atoms with Crippen LogP contribution in [0.4, 0.5) is 0 Å². The quantitative estimate of drug-likeness (QED) is 0.499. The lowest BCUT2D eigenvalue weighted by molar-refractivity contribution is -0.0421. The smallest absolute Gasteiger partial charge is 0.184 e. The highest BCUT2D eigenvalue weighted by molar-refractivity contribution is 6.70. The van der Waals surface area contributed by atoms with Crippen LogP contribution in [0.2, 0.25) is 39.3 Å². The summed E-state index contributed by atoms with van der Waals surface area (Å²) in [7, 11) is -3.07. The van der Waals surface area contributed by atoms with Crippen molar-refractivity contribution in [3.05, 3.63) is 0 Å². The normalized spacial score (nSPS) is 26.7. The molecule has 0 aromatic heterocycles. The predicted octanol–water partition coefficient (Wildman–Crippen LogP) is 6.05. The molecule has 0 aromatic carbocycles. The Kier molecular flexibility index (Phi) is 7.37. The van der Waals surface area contributed by atoms with E-state index >= 15 is 0 Å². The van der Waals surface area contributed by atoms with Crippen LogP contribution in [0.15, 0.2) is 0 Å². The van der Waals surface area contributed by atoms with Crippen LogP contribution >= 0.6 is 0 Å². The molecule has 1 fully saturated rings. The summed E-state index contributed by atoms with van der Waals surface area (Å²) in [6, 6.07) is 0. The molecule has 0 saturated heterocycles.